The van der Waals surface area contributed by atoms with Crippen molar-refractivity contribution >= 4 is 35.0 Å². The zero-order valence-corrected chi connectivity index (χ0v) is 25.1. The van der Waals surface area contributed by atoms with E-state index in [1.165, 1.54) is 46.2 Å². The maximum Gasteiger partial charge on any atom is 0.333 e. The van der Waals surface area contributed by atoms with Crippen molar-refractivity contribution in [1.29, 1.82) is 0 Å². The lowest BCUT2D eigenvalue weighted by Gasteiger charge is -2.55. The second-order valence-electron chi connectivity index (χ2n) is 10.8. The van der Waals surface area contributed by atoms with E-state index in [4.69, 9.17) is 18.9 Å². The monoisotopic (exact) mass is 592 g/mol. The van der Waals surface area contributed by atoms with E-state index in [0.717, 1.165) is 0 Å². The molecule has 4 atom stereocenters. The topological polar surface area (TPSA) is 146 Å². The van der Waals surface area contributed by atoms with E-state index in [2.05, 4.69) is 0 Å². The van der Waals surface area contributed by atoms with Crippen LogP contribution < -0.4 is 0 Å². The fourth-order valence-electron chi connectivity index (χ4n) is 6.55. The average Bonchev–Trinajstić information content (AvgIpc) is 2.99. The summed E-state index contributed by atoms with van der Waals surface area (Å²) in [6, 6.07) is -3.33. The maximum atomic E-state index is 14.4. The normalized spacial score (nSPS) is 27.8. The lowest BCUT2D eigenvalue weighted by molar-refractivity contribution is -0.153. The number of ether oxygens (including phenoxy) is 4. The first kappa shape index (κ1) is 30.1. The molecule has 0 aromatic rings. The second kappa shape index (κ2) is 10.7. The number of allylic oxidation sites excluding steroid dienone is 7. The van der Waals surface area contributed by atoms with E-state index in [1.54, 1.807) is 31.9 Å². The van der Waals surface area contributed by atoms with E-state index in [1.807, 2.05) is 0 Å². The Kier molecular flexibility index (Phi) is 7.47. The summed E-state index contributed by atoms with van der Waals surface area (Å²) < 4.78 is 21.9. The van der Waals surface area contributed by atoms with E-state index >= 15 is 0 Å². The largest absolute Gasteiger partial charge is 0.492 e. The van der Waals surface area contributed by atoms with E-state index in [9.17, 15) is 28.8 Å². The minimum absolute atomic E-state index is 0.0118. The number of amides is 1. The number of rotatable bonds is 6. The first-order valence-corrected chi connectivity index (χ1v) is 13.6. The molecule has 5 rings (SSSR count). The first-order chi connectivity index (χ1) is 20.4. The number of hydrogen-bond donors (Lipinski definition) is 0. The van der Waals surface area contributed by atoms with E-state index in [0.29, 0.717) is 5.57 Å². The van der Waals surface area contributed by atoms with Gasteiger partial charge in [0.25, 0.3) is 0 Å². The van der Waals surface area contributed by atoms with Gasteiger partial charge in [-0.05, 0) is 40.8 Å². The van der Waals surface area contributed by atoms with Crippen LogP contribution in [-0.2, 0) is 47.7 Å². The van der Waals surface area contributed by atoms with Crippen molar-refractivity contribution in [2.45, 2.75) is 51.9 Å². The molecule has 3 heterocycles. The lowest BCUT2D eigenvalue weighted by atomic mass is 9.71. The molecule has 12 nitrogen and oxygen atoms in total. The van der Waals surface area contributed by atoms with Crippen LogP contribution in [0.2, 0.25) is 0 Å². The molecule has 1 unspecified atom stereocenters. The summed E-state index contributed by atoms with van der Waals surface area (Å²) in [5.74, 6) is -3.74. The number of ketones is 4. The predicted molar refractivity (Wildman–Crippen MR) is 149 cm³/mol. The number of piperazine rings is 1. The third-order valence-corrected chi connectivity index (χ3v) is 8.80. The second-order valence-corrected chi connectivity index (χ2v) is 10.8. The smallest absolute Gasteiger partial charge is 0.333 e. The Balaban J connectivity index is 1.77. The van der Waals surface area contributed by atoms with Crippen LogP contribution in [0, 0.1) is 0 Å². The molecule has 0 radical (unpaired) electrons. The number of carbonyl (C=O) groups is 6. The Morgan fingerprint density at radius 1 is 0.884 bits per heavy atom. The van der Waals surface area contributed by atoms with Crippen LogP contribution in [0.3, 0.4) is 0 Å². The third kappa shape index (κ3) is 4.04. The molecule has 2 aliphatic carbocycles. The Bertz CT molecular complexity index is 1620. The van der Waals surface area contributed by atoms with Crippen molar-refractivity contribution in [3.8, 4) is 0 Å². The number of likely N-dealkylation sites (N-methyl/N-ethyl adjacent to an activating group) is 1. The van der Waals surface area contributed by atoms with E-state index < -0.39 is 65.8 Å². The highest BCUT2D eigenvalue weighted by Gasteiger charge is 2.60. The highest BCUT2D eigenvalue weighted by Crippen LogP contribution is 2.48. The average molecular weight is 593 g/mol. The predicted octanol–water partition coefficient (Wildman–Crippen LogP) is 1.04. The standard InChI is InChI=1S/C31H32N2O10/c1-9-12(2)31(39)43-11-17-18-15(23(34)13(3)27(40-6)25(18)36)10-16-21-19-20(24(35)14(4)28(41-7)26(19)37)29(42-8)22(32(21)5)30(38)33(16)17/h9-10,17,21-22,29H,11H2,1-8H3/b12-9-/t17-,21?,22+,29-/m0/s1. The van der Waals surface area contributed by atoms with Crippen LogP contribution in [0.15, 0.2) is 68.4 Å². The minimum atomic E-state index is -1.24. The highest BCUT2D eigenvalue weighted by atomic mass is 16.5. The summed E-state index contributed by atoms with van der Waals surface area (Å²) in [5, 5.41) is 0. The van der Waals surface area contributed by atoms with Gasteiger partial charge < -0.3 is 23.8 Å². The fourth-order valence-corrected chi connectivity index (χ4v) is 6.55. The summed E-state index contributed by atoms with van der Waals surface area (Å²) in [4.78, 5) is 85.0. The molecule has 12 heteroatoms. The molecule has 3 aliphatic heterocycles. The van der Waals surface area contributed by atoms with Gasteiger partial charge in [0, 0.05) is 51.8 Å². The van der Waals surface area contributed by atoms with Crippen LogP contribution in [0.4, 0.5) is 0 Å². The summed E-state index contributed by atoms with van der Waals surface area (Å²) in [5.41, 5.74) is 0.651. The van der Waals surface area contributed by atoms with Crippen LogP contribution in [0.5, 0.6) is 0 Å². The zero-order valence-electron chi connectivity index (χ0n) is 25.1. The summed E-state index contributed by atoms with van der Waals surface area (Å²) in [7, 11) is 5.51. The SMILES string of the molecule is C/C=C(/C)C(=O)OC[C@H]1C2=C(C=C3C4C5=C(C(=O)C(C)=C(OC)C5=O)[C@H](OC)[C@H](C(=O)N31)N4C)C(=O)C(C)=C(OC)C2=O. The van der Waals surface area contributed by atoms with E-state index in [-0.39, 0.29) is 50.7 Å². The van der Waals surface area contributed by atoms with Crippen molar-refractivity contribution in [1.82, 2.24) is 9.80 Å². The molecule has 0 spiro atoms. The molecular weight excluding hydrogens is 560 g/mol. The quantitative estimate of drug-likeness (QED) is 0.248. The summed E-state index contributed by atoms with van der Waals surface area (Å²) >= 11 is 0. The Labute approximate surface area is 247 Å². The first-order valence-electron chi connectivity index (χ1n) is 13.6. The van der Waals surface area contributed by atoms with Gasteiger partial charge in [0.1, 0.15) is 24.8 Å². The van der Waals surface area contributed by atoms with Gasteiger partial charge in [0.15, 0.2) is 23.1 Å². The number of methoxy groups -OCH3 is 3. The van der Waals surface area contributed by atoms with Gasteiger partial charge in [-0.25, -0.2) is 4.79 Å². The zero-order chi connectivity index (χ0) is 31.7. The molecule has 1 amide bonds. The fraction of sp³-hybridized carbons (Fsp3) is 0.419. The summed E-state index contributed by atoms with van der Waals surface area (Å²) in [6.07, 6.45) is 1.82. The van der Waals surface area contributed by atoms with Gasteiger partial charge in [-0.15, -0.1) is 0 Å². The van der Waals surface area contributed by atoms with Crippen LogP contribution in [0.1, 0.15) is 27.7 Å². The number of carbonyl (C=O) groups excluding carboxylic acids is 6. The number of nitrogens with zero attached hydrogens (tertiary/aromatic N) is 2. The molecular formula is C31H32N2O10. The van der Waals surface area contributed by atoms with Gasteiger partial charge in [0.05, 0.1) is 20.3 Å². The number of Topliss-reactive ketones (excluding diaryl/α,β-unsaturated/α-hetero) is 4. The van der Waals surface area contributed by atoms with Crippen LogP contribution in [0.25, 0.3) is 0 Å². The van der Waals surface area contributed by atoms with Gasteiger partial charge in [-0.2, -0.15) is 0 Å². The molecule has 0 saturated carbocycles. The van der Waals surface area contributed by atoms with Crippen molar-refractivity contribution in [3.63, 3.8) is 0 Å². The number of esters is 1. The highest BCUT2D eigenvalue weighted by molar-refractivity contribution is 6.28. The molecule has 0 N–H and O–H groups in total. The Morgan fingerprint density at radius 3 is 2.02 bits per heavy atom. The minimum Gasteiger partial charge on any atom is -0.492 e. The molecule has 5 aliphatic rings. The summed E-state index contributed by atoms with van der Waals surface area (Å²) in [6.45, 7) is 5.68. The maximum absolute atomic E-state index is 14.4. The van der Waals surface area contributed by atoms with Crippen molar-refractivity contribution in [2.75, 3.05) is 35.0 Å². The van der Waals surface area contributed by atoms with Crippen molar-refractivity contribution < 1.29 is 47.7 Å². The number of fused-ring (bicyclic) bond motifs is 5. The Hall–Kier alpha value is -4.42. The van der Waals surface area contributed by atoms with Gasteiger partial charge in [-0.3, -0.25) is 28.9 Å². The molecule has 1 saturated heterocycles. The molecule has 1 fully saturated rings. The van der Waals surface area contributed by atoms with Gasteiger partial charge in [0.2, 0.25) is 17.5 Å². The molecule has 2 bridgehead atoms. The van der Waals surface area contributed by atoms with Gasteiger partial charge in [-0.1, -0.05) is 6.08 Å². The van der Waals surface area contributed by atoms with Crippen LogP contribution >= 0.6 is 0 Å². The Morgan fingerprint density at radius 2 is 1.47 bits per heavy atom. The molecule has 0 aromatic heterocycles. The third-order valence-electron chi connectivity index (χ3n) is 8.80. The molecule has 0 aromatic carbocycles. The molecule has 226 valence electrons. The molecule has 43 heavy (non-hydrogen) atoms. The van der Waals surface area contributed by atoms with Crippen molar-refractivity contribution in [3.05, 3.63) is 68.4 Å². The lowest BCUT2D eigenvalue weighted by Crippen LogP contribution is -2.70. The van der Waals surface area contributed by atoms with Gasteiger partial charge >= 0.3 is 5.97 Å². The van der Waals surface area contributed by atoms with Crippen LogP contribution in [-0.4, -0.2) is 104 Å². The van der Waals surface area contributed by atoms with Crippen molar-refractivity contribution in [2.24, 2.45) is 0 Å². The number of hydrogen-bond acceptors (Lipinski definition) is 11.